The zero-order valence-electron chi connectivity index (χ0n) is 19.8. The van der Waals surface area contributed by atoms with E-state index in [9.17, 15) is 9.18 Å². The lowest BCUT2D eigenvalue weighted by molar-refractivity contribution is -0.121. The van der Waals surface area contributed by atoms with Gasteiger partial charge in [-0.05, 0) is 56.0 Å². The van der Waals surface area contributed by atoms with Gasteiger partial charge in [0.2, 0.25) is 5.91 Å². The Morgan fingerprint density at radius 2 is 2.00 bits per heavy atom. The highest BCUT2D eigenvalue weighted by Gasteiger charge is 2.44. The monoisotopic (exact) mass is 462 g/mol. The molecule has 0 aromatic heterocycles. The lowest BCUT2D eigenvalue weighted by Crippen LogP contribution is -2.54. The summed E-state index contributed by atoms with van der Waals surface area (Å²) in [7, 11) is 0. The summed E-state index contributed by atoms with van der Waals surface area (Å²) < 4.78 is 13.1. The molecule has 3 N–H and O–H groups in total. The average Bonchev–Trinajstić information content (AvgIpc) is 3.43. The molecule has 0 aliphatic carbocycles. The summed E-state index contributed by atoms with van der Waals surface area (Å²) in [5.74, 6) is 0.526. The van der Waals surface area contributed by atoms with Crippen molar-refractivity contribution in [3.05, 3.63) is 82.9 Å². The van der Waals surface area contributed by atoms with Crippen LogP contribution in [0.5, 0.6) is 0 Å². The van der Waals surface area contributed by atoms with E-state index in [1.165, 1.54) is 28.8 Å². The molecule has 3 unspecified atom stereocenters. The van der Waals surface area contributed by atoms with Gasteiger partial charge in [-0.15, -0.1) is 0 Å². The van der Waals surface area contributed by atoms with Crippen LogP contribution in [0.4, 0.5) is 4.39 Å². The molecule has 2 aromatic rings. The van der Waals surface area contributed by atoms with E-state index in [1.807, 2.05) is 13.1 Å². The number of amidine groups is 1. The molecule has 8 heteroatoms. The summed E-state index contributed by atoms with van der Waals surface area (Å²) in [6.45, 7) is 6.19. The molecule has 0 bridgehead atoms. The molecule has 4 atom stereocenters. The number of halogens is 1. The van der Waals surface area contributed by atoms with Crippen molar-refractivity contribution in [2.45, 2.75) is 64.3 Å². The molecule has 5 rings (SSSR count). The topological polar surface area (TPSA) is 72.0 Å². The molecule has 0 saturated carbocycles. The van der Waals surface area contributed by atoms with E-state index in [0.29, 0.717) is 12.8 Å². The molecule has 1 fully saturated rings. The Bertz CT molecular complexity index is 1130. The van der Waals surface area contributed by atoms with Crippen molar-refractivity contribution in [1.29, 1.82) is 0 Å². The van der Waals surface area contributed by atoms with E-state index >= 15 is 0 Å². The molecule has 3 aliphatic rings. The fourth-order valence-corrected chi connectivity index (χ4v) is 5.02. The molecule has 3 aliphatic heterocycles. The van der Waals surface area contributed by atoms with Gasteiger partial charge in [0, 0.05) is 25.2 Å². The number of amides is 1. The lowest BCUT2D eigenvalue weighted by atomic mass is 9.95. The fraction of sp³-hybridized carbons (Fsp3) is 0.385. The van der Waals surface area contributed by atoms with Gasteiger partial charge in [-0.1, -0.05) is 35.9 Å². The van der Waals surface area contributed by atoms with Gasteiger partial charge in [-0.3, -0.25) is 10.2 Å². The molecule has 178 valence electrons. The number of nitrogens with one attached hydrogen (secondary N) is 3. The number of benzene rings is 2. The maximum Gasteiger partial charge on any atom is 0.220 e. The minimum atomic E-state index is -0.283. The maximum absolute atomic E-state index is 13.1. The number of hydrazone groups is 1. The molecule has 34 heavy (non-hydrogen) atoms. The highest BCUT2D eigenvalue weighted by molar-refractivity contribution is 5.89. The van der Waals surface area contributed by atoms with Gasteiger partial charge in [-0.25, -0.2) is 9.82 Å². The molecule has 0 spiro atoms. The molecular formula is C26H31FN6O. The van der Waals surface area contributed by atoms with Gasteiger partial charge in [0.1, 0.15) is 17.8 Å². The van der Waals surface area contributed by atoms with E-state index < -0.39 is 0 Å². The van der Waals surface area contributed by atoms with Crippen molar-refractivity contribution < 1.29 is 9.18 Å². The lowest BCUT2D eigenvalue weighted by Gasteiger charge is -2.37. The van der Waals surface area contributed by atoms with Crippen molar-refractivity contribution in [3.63, 3.8) is 0 Å². The van der Waals surface area contributed by atoms with Gasteiger partial charge in [0.25, 0.3) is 0 Å². The molecular weight excluding hydrogens is 431 g/mol. The Kier molecular flexibility index (Phi) is 6.00. The number of hydrogen-bond acceptors (Lipinski definition) is 6. The highest BCUT2D eigenvalue weighted by Crippen LogP contribution is 2.35. The Labute approximate surface area is 199 Å². The van der Waals surface area contributed by atoms with E-state index in [-0.39, 0.29) is 36.0 Å². The van der Waals surface area contributed by atoms with E-state index in [2.05, 4.69) is 69.4 Å². The van der Waals surface area contributed by atoms with Crippen molar-refractivity contribution in [2.75, 3.05) is 0 Å². The normalized spacial score (nSPS) is 23.8. The van der Waals surface area contributed by atoms with E-state index in [1.54, 1.807) is 12.1 Å². The van der Waals surface area contributed by atoms with Gasteiger partial charge < -0.3 is 15.2 Å². The van der Waals surface area contributed by atoms with Crippen LogP contribution in [-0.2, 0) is 4.79 Å². The Balaban J connectivity index is 1.17. The molecule has 1 amide bonds. The van der Waals surface area contributed by atoms with E-state index in [0.717, 1.165) is 17.8 Å². The van der Waals surface area contributed by atoms with Crippen LogP contribution in [0, 0.1) is 19.7 Å². The first-order valence-corrected chi connectivity index (χ1v) is 11.8. The predicted molar refractivity (Wildman–Crippen MR) is 130 cm³/mol. The van der Waals surface area contributed by atoms with Crippen LogP contribution in [0.3, 0.4) is 0 Å². The molecule has 2 aromatic carbocycles. The fourth-order valence-electron chi connectivity index (χ4n) is 5.02. The SMILES string of the molecule is Cc1ccc(C)c(C2CC3C4NN=C(CCC(=O)N[C@@H](C)c5ccc(F)cc5)N4C=CN3N2)c1. The summed E-state index contributed by atoms with van der Waals surface area (Å²) in [5, 5.41) is 9.72. The smallest absolute Gasteiger partial charge is 0.220 e. The number of carbonyl (C=O) groups is 1. The maximum atomic E-state index is 13.1. The zero-order valence-corrected chi connectivity index (χ0v) is 19.8. The van der Waals surface area contributed by atoms with Crippen LogP contribution >= 0.6 is 0 Å². The van der Waals surface area contributed by atoms with Crippen LogP contribution in [-0.4, -0.2) is 33.9 Å². The Morgan fingerprint density at radius 3 is 2.79 bits per heavy atom. The summed E-state index contributed by atoms with van der Waals surface area (Å²) >= 11 is 0. The van der Waals surface area contributed by atoms with Gasteiger partial charge in [-0.2, -0.15) is 5.10 Å². The van der Waals surface area contributed by atoms with Crippen LogP contribution in [0.2, 0.25) is 0 Å². The summed E-state index contributed by atoms with van der Waals surface area (Å²) in [6, 6.07) is 13.1. The first kappa shape index (κ1) is 22.4. The molecule has 3 heterocycles. The second-order valence-corrected chi connectivity index (χ2v) is 9.40. The van der Waals surface area contributed by atoms with Crippen LogP contribution < -0.4 is 16.2 Å². The standard InChI is InChI=1S/C26H31FN6O/c1-16-4-5-17(2)21(14-16)22-15-23-26-30-29-24(32(26)12-13-33(23)31-22)10-11-25(34)28-18(3)19-6-8-20(27)9-7-19/h4-9,12-14,18,22-23,26,30-31H,10-11,15H2,1-3H3,(H,28,34)/t18-,22?,23?,26?/m0/s1. The van der Waals surface area contributed by atoms with Gasteiger partial charge in [0.15, 0.2) is 0 Å². The molecule has 7 nitrogen and oxygen atoms in total. The van der Waals surface area contributed by atoms with Crippen molar-refractivity contribution in [2.24, 2.45) is 5.10 Å². The quantitative estimate of drug-likeness (QED) is 0.610. The summed E-state index contributed by atoms with van der Waals surface area (Å²) in [5.41, 5.74) is 11.7. The number of hydrogen-bond donors (Lipinski definition) is 3. The number of nitrogens with zero attached hydrogens (tertiary/aromatic N) is 3. The third kappa shape index (κ3) is 4.37. The third-order valence-electron chi connectivity index (χ3n) is 6.95. The second-order valence-electron chi connectivity index (χ2n) is 9.40. The first-order valence-electron chi connectivity index (χ1n) is 11.8. The highest BCUT2D eigenvalue weighted by atomic mass is 19.1. The largest absolute Gasteiger partial charge is 0.350 e. The minimum absolute atomic E-state index is 0.0313. The number of carbonyl (C=O) groups excluding carboxylic acids is 1. The Hall–Kier alpha value is -3.39. The summed E-state index contributed by atoms with van der Waals surface area (Å²) in [4.78, 5) is 14.7. The molecule has 1 saturated heterocycles. The van der Waals surface area contributed by atoms with Crippen LogP contribution in [0.15, 0.2) is 60.0 Å². The third-order valence-corrected chi connectivity index (χ3v) is 6.95. The van der Waals surface area contributed by atoms with Crippen molar-refractivity contribution >= 4 is 11.7 Å². The second kappa shape index (κ2) is 9.10. The first-order chi connectivity index (χ1) is 16.4. The predicted octanol–water partition coefficient (Wildman–Crippen LogP) is 3.75. The molecule has 0 radical (unpaired) electrons. The van der Waals surface area contributed by atoms with Gasteiger partial charge in [0.05, 0.1) is 18.1 Å². The minimum Gasteiger partial charge on any atom is -0.350 e. The summed E-state index contributed by atoms with van der Waals surface area (Å²) in [6.07, 6.45) is 5.95. The van der Waals surface area contributed by atoms with Crippen LogP contribution in [0.1, 0.15) is 60.5 Å². The average molecular weight is 463 g/mol. The van der Waals surface area contributed by atoms with Crippen molar-refractivity contribution in [1.82, 2.24) is 26.1 Å². The van der Waals surface area contributed by atoms with E-state index in [4.69, 9.17) is 0 Å². The Morgan fingerprint density at radius 1 is 1.21 bits per heavy atom. The van der Waals surface area contributed by atoms with Gasteiger partial charge >= 0.3 is 0 Å². The number of hydrazine groups is 1. The number of rotatable bonds is 6. The zero-order chi connectivity index (χ0) is 23.8. The van der Waals surface area contributed by atoms with Crippen LogP contribution in [0.25, 0.3) is 0 Å². The number of aryl methyl sites for hydroxylation is 2. The van der Waals surface area contributed by atoms with Crippen molar-refractivity contribution in [3.8, 4) is 0 Å². The number of fused-ring (bicyclic) bond motifs is 3.